The average molecular weight is 324 g/mol. The monoisotopic (exact) mass is 324 g/mol. The zero-order valence-electron chi connectivity index (χ0n) is 11.9. The number of aliphatic hydroxyl groups excluding tert-OH is 1. The number of hydrogen-bond donors (Lipinski definition) is 1. The Morgan fingerprint density at radius 2 is 2.04 bits per heavy atom. The molecule has 2 rings (SSSR count). The topological polar surface area (TPSA) is 75.2 Å². The Morgan fingerprint density at radius 1 is 1.35 bits per heavy atom. The van der Waals surface area contributed by atoms with Gasteiger partial charge in [-0.3, -0.25) is 4.79 Å². The number of ether oxygens (including phenoxy) is 1. The number of hydrogen-bond acceptors (Lipinski definition) is 4. The van der Waals surface area contributed by atoms with Gasteiger partial charge in [0.25, 0.3) is 5.56 Å². The van der Waals surface area contributed by atoms with Crippen LogP contribution in [0, 0.1) is 11.3 Å². The van der Waals surface area contributed by atoms with Crippen LogP contribution in [0.5, 0.6) is 5.75 Å². The van der Waals surface area contributed by atoms with Crippen molar-refractivity contribution in [1.29, 1.82) is 5.26 Å². The number of nitriles is 1. The van der Waals surface area contributed by atoms with Crippen LogP contribution in [-0.4, -0.2) is 16.0 Å². The fourth-order valence-electron chi connectivity index (χ4n) is 2.16. The average Bonchev–Trinajstić information content (AvgIpc) is 2.48. The number of rotatable bonds is 3. The molecular weight excluding hydrogens is 313 g/mol. The van der Waals surface area contributed by atoms with Gasteiger partial charge < -0.3 is 14.4 Å². The Labute approximate surface area is 128 Å². The maximum atomic E-state index is 12.3. The minimum absolute atomic E-state index is 0.179. The van der Waals surface area contributed by atoms with Crippen molar-refractivity contribution in [3.8, 4) is 22.9 Å². The van der Waals surface area contributed by atoms with Crippen LogP contribution in [0.25, 0.3) is 11.1 Å². The second kappa shape index (κ2) is 6.14. The van der Waals surface area contributed by atoms with Crippen LogP contribution in [-0.2, 0) is 13.7 Å². The summed E-state index contributed by atoms with van der Waals surface area (Å²) in [4.78, 5) is 11.9. The number of halogens is 3. The van der Waals surface area contributed by atoms with E-state index in [1.54, 1.807) is 6.07 Å². The summed E-state index contributed by atoms with van der Waals surface area (Å²) in [6.07, 6.45) is -4.83. The molecule has 1 aromatic carbocycles. The first-order valence-corrected chi connectivity index (χ1v) is 6.37. The third-order valence-electron chi connectivity index (χ3n) is 3.19. The van der Waals surface area contributed by atoms with E-state index in [-0.39, 0.29) is 22.4 Å². The second-order valence-electron chi connectivity index (χ2n) is 4.63. The van der Waals surface area contributed by atoms with E-state index in [1.165, 1.54) is 25.2 Å². The van der Waals surface area contributed by atoms with Crippen molar-refractivity contribution in [2.24, 2.45) is 7.05 Å². The number of aliphatic hydroxyl groups is 1. The predicted molar refractivity (Wildman–Crippen MR) is 74.4 cm³/mol. The number of aromatic nitrogens is 1. The quantitative estimate of drug-likeness (QED) is 0.940. The lowest BCUT2D eigenvalue weighted by Gasteiger charge is -2.14. The van der Waals surface area contributed by atoms with Crippen LogP contribution in [0.3, 0.4) is 0 Å². The Balaban J connectivity index is 2.63. The Bertz CT molecular complexity index is 835. The molecule has 23 heavy (non-hydrogen) atoms. The van der Waals surface area contributed by atoms with Gasteiger partial charge in [0, 0.05) is 12.6 Å². The van der Waals surface area contributed by atoms with Gasteiger partial charge in [0.2, 0.25) is 0 Å². The van der Waals surface area contributed by atoms with Crippen LogP contribution in [0.2, 0.25) is 0 Å². The molecule has 0 aliphatic rings. The zero-order chi connectivity index (χ0) is 17.2. The Morgan fingerprint density at radius 3 is 2.61 bits per heavy atom. The van der Waals surface area contributed by atoms with E-state index >= 15 is 0 Å². The van der Waals surface area contributed by atoms with Crippen molar-refractivity contribution < 1.29 is 23.0 Å². The van der Waals surface area contributed by atoms with Gasteiger partial charge in [-0.1, -0.05) is 12.1 Å². The van der Waals surface area contributed by atoms with Crippen LogP contribution < -0.4 is 10.3 Å². The molecule has 120 valence electrons. The van der Waals surface area contributed by atoms with Crippen molar-refractivity contribution in [3.05, 3.63) is 51.9 Å². The van der Waals surface area contributed by atoms with Crippen molar-refractivity contribution in [3.63, 3.8) is 0 Å². The lowest BCUT2D eigenvalue weighted by molar-refractivity contribution is -0.274. The van der Waals surface area contributed by atoms with Crippen LogP contribution >= 0.6 is 0 Å². The van der Waals surface area contributed by atoms with Gasteiger partial charge in [0.1, 0.15) is 17.4 Å². The summed E-state index contributed by atoms with van der Waals surface area (Å²) < 4.78 is 41.9. The van der Waals surface area contributed by atoms with Crippen LogP contribution in [0.1, 0.15) is 11.3 Å². The highest BCUT2D eigenvalue weighted by Gasteiger charge is 2.31. The lowest BCUT2D eigenvalue weighted by atomic mass is 10.0. The standard InChI is InChI=1S/C15H11F3N2O3/c1-20-13(8-21)12(6-10(7-19)14(20)22)9-3-2-4-11(5-9)23-15(16,17)18/h2-6,21H,8H2,1H3. The fourth-order valence-corrected chi connectivity index (χ4v) is 2.16. The molecular formula is C15H11F3N2O3. The van der Waals surface area contributed by atoms with Gasteiger partial charge in [-0.25, -0.2) is 0 Å². The Hall–Kier alpha value is -2.79. The molecule has 1 N–H and O–H groups in total. The highest BCUT2D eigenvalue weighted by Crippen LogP contribution is 2.29. The molecule has 0 bridgehead atoms. The SMILES string of the molecule is Cn1c(CO)c(-c2cccc(OC(F)(F)F)c2)cc(C#N)c1=O. The summed E-state index contributed by atoms with van der Waals surface area (Å²) in [5, 5.41) is 18.4. The largest absolute Gasteiger partial charge is 0.573 e. The second-order valence-corrected chi connectivity index (χ2v) is 4.63. The summed E-state index contributed by atoms with van der Waals surface area (Å²) in [6.45, 7) is -0.517. The molecule has 0 amide bonds. The highest BCUT2D eigenvalue weighted by atomic mass is 19.4. The first-order chi connectivity index (χ1) is 10.8. The van der Waals surface area contributed by atoms with Gasteiger partial charge in [-0.05, 0) is 23.8 Å². The van der Waals surface area contributed by atoms with Crippen molar-refractivity contribution in [2.45, 2.75) is 13.0 Å². The van der Waals surface area contributed by atoms with Crippen molar-refractivity contribution >= 4 is 0 Å². The molecule has 5 nitrogen and oxygen atoms in total. The molecule has 0 unspecified atom stereocenters. The molecule has 0 aliphatic carbocycles. The first-order valence-electron chi connectivity index (χ1n) is 6.37. The minimum Gasteiger partial charge on any atom is -0.406 e. The van der Waals surface area contributed by atoms with Gasteiger partial charge >= 0.3 is 6.36 Å². The van der Waals surface area contributed by atoms with Gasteiger partial charge in [0.15, 0.2) is 0 Å². The van der Waals surface area contributed by atoms with Gasteiger partial charge in [-0.15, -0.1) is 13.2 Å². The molecule has 0 radical (unpaired) electrons. The lowest BCUT2D eigenvalue weighted by Crippen LogP contribution is -2.23. The van der Waals surface area contributed by atoms with E-state index in [0.29, 0.717) is 0 Å². The minimum atomic E-state index is -4.83. The Kier molecular flexibility index (Phi) is 4.43. The zero-order valence-corrected chi connectivity index (χ0v) is 11.9. The normalized spacial score (nSPS) is 11.1. The van der Waals surface area contributed by atoms with Crippen molar-refractivity contribution in [1.82, 2.24) is 4.57 Å². The molecule has 0 saturated carbocycles. The van der Waals surface area contributed by atoms with E-state index in [1.807, 2.05) is 0 Å². The van der Waals surface area contributed by atoms with E-state index in [4.69, 9.17) is 5.26 Å². The van der Waals surface area contributed by atoms with E-state index in [0.717, 1.165) is 16.7 Å². The van der Waals surface area contributed by atoms with Crippen molar-refractivity contribution in [2.75, 3.05) is 0 Å². The van der Waals surface area contributed by atoms with Crippen LogP contribution in [0.4, 0.5) is 13.2 Å². The molecule has 0 fully saturated rings. The third-order valence-corrected chi connectivity index (χ3v) is 3.19. The van der Waals surface area contributed by atoms with E-state index < -0.39 is 24.3 Å². The number of pyridine rings is 1. The molecule has 1 heterocycles. The highest BCUT2D eigenvalue weighted by molar-refractivity contribution is 5.69. The van der Waals surface area contributed by atoms with E-state index in [2.05, 4.69) is 4.74 Å². The smallest absolute Gasteiger partial charge is 0.406 e. The third kappa shape index (κ3) is 3.52. The number of nitrogens with zero attached hydrogens (tertiary/aromatic N) is 2. The molecule has 1 aromatic heterocycles. The van der Waals surface area contributed by atoms with E-state index in [9.17, 15) is 23.1 Å². The molecule has 0 saturated heterocycles. The summed E-state index contributed by atoms with van der Waals surface area (Å²) in [5.41, 5.74) is -0.0373. The summed E-state index contributed by atoms with van der Waals surface area (Å²) in [6, 6.07) is 8.04. The maximum absolute atomic E-state index is 12.3. The maximum Gasteiger partial charge on any atom is 0.573 e. The van der Waals surface area contributed by atoms with Gasteiger partial charge in [0.05, 0.1) is 12.3 Å². The fraction of sp³-hybridized carbons (Fsp3) is 0.200. The molecule has 0 spiro atoms. The number of benzene rings is 1. The molecule has 8 heteroatoms. The molecule has 2 aromatic rings. The number of alkyl halides is 3. The molecule has 0 atom stereocenters. The summed E-state index contributed by atoms with van der Waals surface area (Å²) in [5.74, 6) is -0.439. The van der Waals surface area contributed by atoms with Crippen LogP contribution in [0.15, 0.2) is 35.1 Å². The van der Waals surface area contributed by atoms with Gasteiger partial charge in [-0.2, -0.15) is 5.26 Å². The molecule has 0 aliphatic heterocycles. The summed E-state index contributed by atoms with van der Waals surface area (Å²) in [7, 11) is 1.37. The first kappa shape index (κ1) is 16.6. The predicted octanol–water partition coefficient (Wildman–Crippen LogP) is 2.31. The summed E-state index contributed by atoms with van der Waals surface area (Å²) >= 11 is 0.